The van der Waals surface area contributed by atoms with Gasteiger partial charge in [-0.25, -0.2) is 4.98 Å². The highest BCUT2D eigenvalue weighted by Gasteiger charge is 2.08. The van der Waals surface area contributed by atoms with E-state index in [0.29, 0.717) is 22.8 Å². The van der Waals surface area contributed by atoms with Crippen LogP contribution in [0.25, 0.3) is 0 Å². The zero-order chi connectivity index (χ0) is 20.9. The second-order valence-electron chi connectivity index (χ2n) is 6.96. The van der Waals surface area contributed by atoms with Crippen molar-refractivity contribution in [1.82, 2.24) is 9.88 Å². The number of nitrogens with zero attached hydrogens (tertiary/aromatic N) is 2. The van der Waals surface area contributed by atoms with Gasteiger partial charge in [0.05, 0.1) is 0 Å². The molecule has 2 amide bonds. The third-order valence-corrected chi connectivity index (χ3v) is 5.54. The fourth-order valence-electron chi connectivity index (χ4n) is 3.07. The van der Waals surface area contributed by atoms with Crippen LogP contribution in [-0.2, 0) is 4.79 Å². The maximum atomic E-state index is 12.1. The Balaban J connectivity index is 1.60. The van der Waals surface area contributed by atoms with Crippen LogP contribution in [0.5, 0.6) is 0 Å². The van der Waals surface area contributed by atoms with Crippen molar-refractivity contribution in [3.63, 3.8) is 0 Å². The van der Waals surface area contributed by atoms with Gasteiger partial charge in [-0.2, -0.15) is 0 Å². The first kappa shape index (κ1) is 23.0. The molecule has 158 valence electrons. The average molecular weight is 417 g/mol. The first-order valence-electron chi connectivity index (χ1n) is 10.5. The predicted molar refractivity (Wildman–Crippen MR) is 121 cm³/mol. The molecule has 7 heteroatoms. The van der Waals surface area contributed by atoms with Crippen LogP contribution in [0.2, 0.25) is 0 Å². The topological polar surface area (TPSA) is 74.3 Å². The largest absolute Gasteiger partial charge is 0.326 e. The molecule has 0 saturated heterocycles. The zero-order valence-corrected chi connectivity index (χ0v) is 18.3. The molecule has 0 aliphatic rings. The molecule has 1 aromatic carbocycles. The quantitative estimate of drug-likeness (QED) is 0.450. The lowest BCUT2D eigenvalue weighted by atomic mass is 10.1. The fourth-order valence-corrected chi connectivity index (χ4v) is 3.60. The molecule has 0 aliphatic heterocycles. The van der Waals surface area contributed by atoms with Crippen molar-refractivity contribution in [3.05, 3.63) is 41.4 Å². The molecule has 0 aliphatic carbocycles. The summed E-state index contributed by atoms with van der Waals surface area (Å²) in [7, 11) is 0. The number of unbranched alkanes of at least 4 members (excludes halogenated alkanes) is 4. The molecule has 0 unspecified atom stereocenters. The van der Waals surface area contributed by atoms with Gasteiger partial charge in [-0.05, 0) is 56.7 Å². The molecule has 29 heavy (non-hydrogen) atoms. The van der Waals surface area contributed by atoms with Crippen LogP contribution in [0.4, 0.5) is 10.8 Å². The summed E-state index contributed by atoms with van der Waals surface area (Å²) in [5, 5.41) is 8.01. The van der Waals surface area contributed by atoms with Gasteiger partial charge in [-0.3, -0.25) is 14.9 Å². The lowest BCUT2D eigenvalue weighted by Gasteiger charge is -2.17. The van der Waals surface area contributed by atoms with E-state index in [2.05, 4.69) is 34.4 Å². The lowest BCUT2D eigenvalue weighted by molar-refractivity contribution is -0.116. The van der Waals surface area contributed by atoms with E-state index in [9.17, 15) is 9.59 Å². The van der Waals surface area contributed by atoms with Crippen LogP contribution in [0, 0.1) is 0 Å². The second kappa shape index (κ2) is 13.1. The van der Waals surface area contributed by atoms with Gasteiger partial charge in [0, 0.05) is 29.2 Å². The third-order valence-electron chi connectivity index (χ3n) is 4.86. The summed E-state index contributed by atoms with van der Waals surface area (Å²) < 4.78 is 0. The molecule has 0 radical (unpaired) electrons. The van der Waals surface area contributed by atoms with E-state index in [-0.39, 0.29) is 11.8 Å². The Morgan fingerprint density at radius 1 is 0.966 bits per heavy atom. The van der Waals surface area contributed by atoms with Gasteiger partial charge >= 0.3 is 0 Å². The van der Waals surface area contributed by atoms with Gasteiger partial charge in [0.25, 0.3) is 5.91 Å². The fraction of sp³-hybridized carbons (Fsp3) is 0.500. The van der Waals surface area contributed by atoms with Crippen molar-refractivity contribution >= 4 is 34.0 Å². The van der Waals surface area contributed by atoms with E-state index in [1.165, 1.54) is 37.1 Å². The summed E-state index contributed by atoms with van der Waals surface area (Å²) in [6.45, 7) is 7.81. The van der Waals surface area contributed by atoms with Crippen LogP contribution >= 0.6 is 11.3 Å². The molecular weight excluding hydrogens is 384 g/mol. The van der Waals surface area contributed by atoms with Crippen molar-refractivity contribution in [1.29, 1.82) is 0 Å². The molecule has 1 heterocycles. The van der Waals surface area contributed by atoms with Crippen molar-refractivity contribution in [2.45, 2.75) is 52.4 Å². The number of amides is 2. The van der Waals surface area contributed by atoms with Crippen molar-refractivity contribution < 1.29 is 9.59 Å². The predicted octanol–water partition coefficient (Wildman–Crippen LogP) is 5.02. The smallest absolute Gasteiger partial charge is 0.257 e. The normalized spacial score (nSPS) is 10.9. The van der Waals surface area contributed by atoms with Crippen molar-refractivity contribution in [2.24, 2.45) is 0 Å². The van der Waals surface area contributed by atoms with Gasteiger partial charge in [-0.15, -0.1) is 11.3 Å². The summed E-state index contributed by atoms with van der Waals surface area (Å²) in [5.41, 5.74) is 1.24. The third kappa shape index (κ3) is 8.75. The number of thiazole rings is 1. The highest BCUT2D eigenvalue weighted by atomic mass is 32.1. The maximum Gasteiger partial charge on any atom is 0.257 e. The first-order chi connectivity index (χ1) is 14.1. The van der Waals surface area contributed by atoms with E-state index in [0.717, 1.165) is 25.9 Å². The van der Waals surface area contributed by atoms with Crippen LogP contribution < -0.4 is 10.6 Å². The number of carbonyl (C=O) groups excluding carboxylic acids is 2. The molecule has 6 nitrogen and oxygen atoms in total. The van der Waals surface area contributed by atoms with Gasteiger partial charge in [0.2, 0.25) is 5.91 Å². The summed E-state index contributed by atoms with van der Waals surface area (Å²) >= 11 is 1.37. The van der Waals surface area contributed by atoms with E-state index >= 15 is 0 Å². The molecule has 0 fully saturated rings. The number of rotatable bonds is 13. The molecule has 0 atom stereocenters. The number of aromatic nitrogens is 1. The molecule has 2 rings (SSSR count). The zero-order valence-electron chi connectivity index (χ0n) is 17.4. The van der Waals surface area contributed by atoms with Crippen molar-refractivity contribution in [3.8, 4) is 0 Å². The van der Waals surface area contributed by atoms with Crippen LogP contribution in [0.3, 0.4) is 0 Å². The summed E-state index contributed by atoms with van der Waals surface area (Å²) in [6.07, 6.45) is 7.80. The van der Waals surface area contributed by atoms with Gasteiger partial charge < -0.3 is 10.2 Å². The number of hydrogen-bond donors (Lipinski definition) is 2. The molecule has 0 spiro atoms. The summed E-state index contributed by atoms with van der Waals surface area (Å²) in [6, 6.07) is 6.91. The minimum atomic E-state index is -0.209. The van der Waals surface area contributed by atoms with Gasteiger partial charge in [0.15, 0.2) is 5.13 Å². The van der Waals surface area contributed by atoms with Crippen LogP contribution in [0.15, 0.2) is 35.8 Å². The van der Waals surface area contributed by atoms with Gasteiger partial charge in [0.1, 0.15) is 0 Å². The standard InChI is InChI=1S/C22H32N4O2S/c1-3-26(4-2)16-9-7-5-6-8-10-20(27)24-19-13-11-18(12-14-19)21(28)25-22-23-15-17-29-22/h11-15,17H,3-10,16H2,1-2H3,(H,24,27)(H,23,25,28). The number of carbonyl (C=O) groups is 2. The monoisotopic (exact) mass is 416 g/mol. The Labute approximate surface area is 177 Å². The van der Waals surface area contributed by atoms with Crippen LogP contribution in [-0.4, -0.2) is 41.3 Å². The molecule has 0 bridgehead atoms. The Bertz CT molecular complexity index is 728. The summed E-state index contributed by atoms with van der Waals surface area (Å²) in [4.78, 5) is 30.7. The molecule has 2 aromatic rings. The molecule has 1 aromatic heterocycles. The second-order valence-corrected chi connectivity index (χ2v) is 7.86. The van der Waals surface area contributed by atoms with E-state index in [4.69, 9.17) is 0 Å². The Kier molecular flexibility index (Phi) is 10.4. The van der Waals surface area contributed by atoms with E-state index < -0.39 is 0 Å². The van der Waals surface area contributed by atoms with E-state index in [1.54, 1.807) is 35.8 Å². The molecule has 2 N–H and O–H groups in total. The SMILES string of the molecule is CCN(CC)CCCCCCCC(=O)Nc1ccc(C(=O)Nc2nccs2)cc1. The Morgan fingerprint density at radius 2 is 1.66 bits per heavy atom. The summed E-state index contributed by atoms with van der Waals surface area (Å²) in [5.74, 6) is -0.188. The van der Waals surface area contributed by atoms with Crippen LogP contribution in [0.1, 0.15) is 62.7 Å². The average Bonchev–Trinajstić information content (AvgIpc) is 3.23. The highest BCUT2D eigenvalue weighted by molar-refractivity contribution is 7.13. The first-order valence-corrected chi connectivity index (χ1v) is 11.3. The Hall–Kier alpha value is -2.25. The van der Waals surface area contributed by atoms with Crippen molar-refractivity contribution in [2.75, 3.05) is 30.3 Å². The molecule has 0 saturated carbocycles. The highest BCUT2D eigenvalue weighted by Crippen LogP contribution is 2.15. The van der Waals surface area contributed by atoms with E-state index in [1.807, 2.05) is 0 Å². The number of nitrogens with one attached hydrogen (secondary N) is 2. The number of hydrogen-bond acceptors (Lipinski definition) is 5. The lowest BCUT2D eigenvalue weighted by Crippen LogP contribution is -2.23. The maximum absolute atomic E-state index is 12.1. The minimum Gasteiger partial charge on any atom is -0.326 e. The minimum absolute atomic E-state index is 0.0214. The molecular formula is C22H32N4O2S. The number of anilines is 2. The number of benzene rings is 1. The Morgan fingerprint density at radius 3 is 2.31 bits per heavy atom. The van der Waals surface area contributed by atoms with Gasteiger partial charge in [-0.1, -0.05) is 33.1 Å².